The van der Waals surface area contributed by atoms with Gasteiger partial charge in [-0.3, -0.25) is 9.36 Å². The Bertz CT molecular complexity index is 1240. The minimum absolute atomic E-state index is 0.0487. The van der Waals surface area contributed by atoms with Gasteiger partial charge in [0.15, 0.2) is 5.65 Å². The number of aryl methyl sites for hydroxylation is 1. The van der Waals surface area contributed by atoms with Gasteiger partial charge in [0, 0.05) is 54.3 Å². The number of rotatable bonds is 3. The number of pyridine rings is 1. The van der Waals surface area contributed by atoms with E-state index >= 15 is 0 Å². The maximum absolute atomic E-state index is 13.2. The Morgan fingerprint density at radius 1 is 0.935 bits per heavy atom. The number of hydrogen-bond acceptors (Lipinski definition) is 4. The van der Waals surface area contributed by atoms with Gasteiger partial charge in [-0.05, 0) is 61.5 Å². The zero-order valence-electron chi connectivity index (χ0n) is 17.2. The molecule has 2 aromatic carbocycles. The predicted molar refractivity (Wildman–Crippen MR) is 123 cm³/mol. The topological polar surface area (TPSA) is 54.3 Å². The summed E-state index contributed by atoms with van der Waals surface area (Å²) in [5.41, 5.74) is 4.34. The van der Waals surface area contributed by atoms with Crippen molar-refractivity contribution in [2.45, 2.75) is 6.92 Å². The molecule has 2 aromatic heterocycles. The lowest BCUT2D eigenvalue weighted by Crippen LogP contribution is -2.48. The van der Waals surface area contributed by atoms with Crippen LogP contribution in [0.15, 0.2) is 66.9 Å². The van der Waals surface area contributed by atoms with Gasteiger partial charge in [0.25, 0.3) is 5.91 Å². The van der Waals surface area contributed by atoms with Crippen molar-refractivity contribution in [3.05, 3.63) is 83.3 Å². The number of carbonyl (C=O) groups excluding carboxylic acids is 1. The molecule has 0 aliphatic carbocycles. The van der Waals surface area contributed by atoms with E-state index in [1.807, 2.05) is 77.1 Å². The van der Waals surface area contributed by atoms with Crippen molar-refractivity contribution in [2.75, 3.05) is 31.1 Å². The zero-order valence-corrected chi connectivity index (χ0v) is 18.0. The highest BCUT2D eigenvalue weighted by molar-refractivity contribution is 6.30. The fourth-order valence-electron chi connectivity index (χ4n) is 4.11. The molecule has 1 aliphatic heterocycles. The molecule has 0 N–H and O–H groups in total. The summed E-state index contributed by atoms with van der Waals surface area (Å²) >= 11 is 5.99. The van der Waals surface area contributed by atoms with Crippen LogP contribution in [0.25, 0.3) is 16.9 Å². The summed E-state index contributed by atoms with van der Waals surface area (Å²) in [7, 11) is 0. The molecule has 0 saturated carbocycles. The normalized spacial score (nSPS) is 14.3. The second-order valence-electron chi connectivity index (χ2n) is 7.65. The Hall–Kier alpha value is -3.38. The molecule has 0 bridgehead atoms. The molecule has 0 unspecified atom stereocenters. The lowest BCUT2D eigenvalue weighted by Gasteiger charge is -2.36. The molecule has 1 aliphatic rings. The molecule has 0 spiro atoms. The molecule has 5 rings (SSSR count). The van der Waals surface area contributed by atoms with Gasteiger partial charge in [-0.15, -0.1) is 0 Å². The van der Waals surface area contributed by atoms with Gasteiger partial charge >= 0.3 is 0 Å². The van der Waals surface area contributed by atoms with Crippen molar-refractivity contribution in [1.82, 2.24) is 19.4 Å². The first-order valence-corrected chi connectivity index (χ1v) is 10.7. The van der Waals surface area contributed by atoms with Crippen molar-refractivity contribution in [1.29, 1.82) is 0 Å². The average molecular weight is 432 g/mol. The standard InChI is InChI=1S/C24H22ClN5O/c1-17-27-22-6-3-11-26-23(22)30(17)21-5-2-4-18(16-21)24(31)29-14-12-28(13-15-29)20-9-7-19(25)8-10-20/h2-11,16H,12-15H2,1H3. The van der Waals surface area contributed by atoms with Crippen LogP contribution in [-0.2, 0) is 0 Å². The number of carbonyl (C=O) groups is 1. The predicted octanol–water partition coefficient (Wildman–Crippen LogP) is 4.34. The van der Waals surface area contributed by atoms with Crippen LogP contribution in [0.4, 0.5) is 5.69 Å². The minimum atomic E-state index is 0.0487. The first kappa shape index (κ1) is 19.6. The van der Waals surface area contributed by atoms with Crippen LogP contribution >= 0.6 is 11.6 Å². The van der Waals surface area contributed by atoms with E-state index in [0.29, 0.717) is 18.7 Å². The molecule has 0 atom stereocenters. The molecule has 7 heteroatoms. The number of amides is 1. The monoisotopic (exact) mass is 431 g/mol. The third kappa shape index (κ3) is 3.75. The Kier molecular flexibility index (Phi) is 5.08. The maximum Gasteiger partial charge on any atom is 0.254 e. The number of imidazole rings is 1. The van der Waals surface area contributed by atoms with Gasteiger partial charge in [0.2, 0.25) is 0 Å². The molecule has 0 radical (unpaired) electrons. The van der Waals surface area contributed by atoms with Gasteiger partial charge in [-0.25, -0.2) is 9.97 Å². The van der Waals surface area contributed by atoms with Crippen LogP contribution in [0.2, 0.25) is 5.02 Å². The molecular weight excluding hydrogens is 410 g/mol. The Labute approximate surface area is 185 Å². The van der Waals surface area contributed by atoms with E-state index in [-0.39, 0.29) is 5.91 Å². The number of fused-ring (bicyclic) bond motifs is 1. The summed E-state index contributed by atoms with van der Waals surface area (Å²) in [4.78, 5) is 26.5. The molecule has 31 heavy (non-hydrogen) atoms. The van der Waals surface area contributed by atoms with Crippen molar-refractivity contribution < 1.29 is 4.79 Å². The van der Waals surface area contributed by atoms with Crippen LogP contribution in [0.5, 0.6) is 0 Å². The molecule has 4 aromatic rings. The SMILES string of the molecule is Cc1nc2cccnc2n1-c1cccc(C(=O)N2CCN(c3ccc(Cl)cc3)CC2)c1. The molecular formula is C24H22ClN5O. The fourth-order valence-corrected chi connectivity index (χ4v) is 4.24. The van der Waals surface area contributed by atoms with Crippen LogP contribution in [-0.4, -0.2) is 51.5 Å². The van der Waals surface area contributed by atoms with Gasteiger partial charge in [-0.2, -0.15) is 0 Å². The Morgan fingerprint density at radius 2 is 1.71 bits per heavy atom. The first-order chi connectivity index (χ1) is 15.1. The zero-order chi connectivity index (χ0) is 21.4. The summed E-state index contributed by atoms with van der Waals surface area (Å²) in [6, 6.07) is 19.4. The summed E-state index contributed by atoms with van der Waals surface area (Å²) in [6.45, 7) is 4.90. The molecule has 6 nitrogen and oxygen atoms in total. The van der Waals surface area contributed by atoms with Crippen LogP contribution < -0.4 is 4.90 Å². The number of anilines is 1. The summed E-state index contributed by atoms with van der Waals surface area (Å²) < 4.78 is 1.99. The largest absolute Gasteiger partial charge is 0.368 e. The lowest BCUT2D eigenvalue weighted by molar-refractivity contribution is 0.0746. The molecule has 1 amide bonds. The van der Waals surface area contributed by atoms with Crippen LogP contribution in [0, 0.1) is 6.92 Å². The van der Waals surface area contributed by atoms with Crippen molar-refractivity contribution in [3.63, 3.8) is 0 Å². The third-order valence-electron chi connectivity index (χ3n) is 5.69. The molecule has 1 saturated heterocycles. The third-order valence-corrected chi connectivity index (χ3v) is 5.95. The number of aromatic nitrogens is 3. The van der Waals surface area contributed by atoms with E-state index < -0.39 is 0 Å². The highest BCUT2D eigenvalue weighted by Gasteiger charge is 2.23. The van der Waals surface area contributed by atoms with Crippen molar-refractivity contribution >= 4 is 34.4 Å². The van der Waals surface area contributed by atoms with Crippen molar-refractivity contribution in [2.24, 2.45) is 0 Å². The first-order valence-electron chi connectivity index (χ1n) is 10.3. The number of halogens is 1. The lowest BCUT2D eigenvalue weighted by atomic mass is 10.1. The highest BCUT2D eigenvalue weighted by Crippen LogP contribution is 2.22. The summed E-state index contributed by atoms with van der Waals surface area (Å²) in [6.07, 6.45) is 1.76. The number of hydrogen-bond donors (Lipinski definition) is 0. The van der Waals surface area contributed by atoms with E-state index in [4.69, 9.17) is 11.6 Å². The average Bonchev–Trinajstić information content (AvgIpc) is 3.15. The van der Waals surface area contributed by atoms with Gasteiger partial charge < -0.3 is 9.80 Å². The van der Waals surface area contributed by atoms with Gasteiger partial charge in [0.05, 0.1) is 0 Å². The highest BCUT2D eigenvalue weighted by atomic mass is 35.5. The van der Waals surface area contributed by atoms with Crippen molar-refractivity contribution in [3.8, 4) is 5.69 Å². The Balaban J connectivity index is 1.35. The molecule has 3 heterocycles. The van der Waals surface area contributed by atoms with Gasteiger partial charge in [0.1, 0.15) is 11.3 Å². The smallest absolute Gasteiger partial charge is 0.254 e. The van der Waals surface area contributed by atoms with Crippen LogP contribution in [0.3, 0.4) is 0 Å². The number of nitrogens with zero attached hydrogens (tertiary/aromatic N) is 5. The Morgan fingerprint density at radius 3 is 2.48 bits per heavy atom. The fraction of sp³-hybridized carbons (Fsp3) is 0.208. The molecule has 1 fully saturated rings. The second kappa shape index (κ2) is 8.04. The van der Waals surface area contributed by atoms with E-state index in [1.54, 1.807) is 6.20 Å². The van der Waals surface area contributed by atoms with E-state index in [9.17, 15) is 4.79 Å². The maximum atomic E-state index is 13.2. The summed E-state index contributed by atoms with van der Waals surface area (Å²) in [5, 5.41) is 0.730. The van der Waals surface area contributed by atoms with E-state index in [1.165, 1.54) is 0 Å². The number of piperazine rings is 1. The molecule has 156 valence electrons. The number of benzene rings is 2. The minimum Gasteiger partial charge on any atom is -0.368 e. The van der Waals surface area contributed by atoms with E-state index in [0.717, 1.165) is 46.5 Å². The van der Waals surface area contributed by atoms with Crippen LogP contribution in [0.1, 0.15) is 16.2 Å². The summed E-state index contributed by atoms with van der Waals surface area (Å²) in [5.74, 6) is 0.891. The van der Waals surface area contributed by atoms with E-state index in [2.05, 4.69) is 14.9 Å². The quantitative estimate of drug-likeness (QED) is 0.484. The second-order valence-corrected chi connectivity index (χ2v) is 8.08. The van der Waals surface area contributed by atoms with Gasteiger partial charge in [-0.1, -0.05) is 17.7 Å².